The second kappa shape index (κ2) is 6.79. The molecule has 0 saturated carbocycles. The summed E-state index contributed by atoms with van der Waals surface area (Å²) in [7, 11) is 1.50. The molecule has 0 bridgehead atoms. The molecule has 0 heterocycles. The topological polar surface area (TPSA) is 9.23 Å². The predicted molar refractivity (Wildman–Crippen MR) is 84.4 cm³/mol. The van der Waals surface area contributed by atoms with E-state index in [0.29, 0.717) is 21.7 Å². The Kier molecular flexibility index (Phi) is 5.30. The lowest BCUT2D eigenvalue weighted by Crippen LogP contribution is -2.00. The van der Waals surface area contributed by atoms with Crippen LogP contribution < -0.4 is 4.74 Å². The summed E-state index contributed by atoms with van der Waals surface area (Å²) < 4.78 is 19.1. The number of rotatable bonds is 4. The van der Waals surface area contributed by atoms with Crippen molar-refractivity contribution in [3.05, 3.63) is 62.8 Å². The minimum absolute atomic E-state index is 0.333. The molecule has 106 valence electrons. The van der Waals surface area contributed by atoms with E-state index in [0.717, 1.165) is 11.1 Å². The van der Waals surface area contributed by atoms with Crippen molar-refractivity contribution in [1.29, 1.82) is 0 Å². The van der Waals surface area contributed by atoms with Crippen LogP contribution >= 0.6 is 39.1 Å². The highest BCUT2D eigenvalue weighted by Gasteiger charge is 2.17. The van der Waals surface area contributed by atoms with Gasteiger partial charge in [-0.25, -0.2) is 4.39 Å². The van der Waals surface area contributed by atoms with E-state index >= 15 is 0 Å². The van der Waals surface area contributed by atoms with Crippen molar-refractivity contribution in [2.45, 2.75) is 11.8 Å². The smallest absolute Gasteiger partial charge is 0.141 e. The molecule has 2 aromatic rings. The molecular formula is C15H12BrCl2FO. The first kappa shape index (κ1) is 15.6. The third kappa shape index (κ3) is 3.66. The maximum atomic E-state index is 13.5. The molecule has 0 N–H and O–H groups in total. The Morgan fingerprint density at radius 1 is 1.30 bits per heavy atom. The van der Waals surface area contributed by atoms with Crippen LogP contribution in [0.15, 0.2) is 40.9 Å². The minimum atomic E-state index is -0.378. The monoisotopic (exact) mass is 376 g/mol. The fraction of sp³-hybridized carbons (Fsp3) is 0.200. The van der Waals surface area contributed by atoms with Gasteiger partial charge in [-0.1, -0.05) is 23.7 Å². The van der Waals surface area contributed by atoms with Crippen molar-refractivity contribution < 1.29 is 9.13 Å². The van der Waals surface area contributed by atoms with E-state index in [2.05, 4.69) is 15.9 Å². The molecule has 20 heavy (non-hydrogen) atoms. The van der Waals surface area contributed by atoms with E-state index in [9.17, 15) is 4.39 Å². The zero-order valence-corrected chi connectivity index (χ0v) is 13.8. The van der Waals surface area contributed by atoms with Crippen molar-refractivity contribution in [3.63, 3.8) is 0 Å². The quantitative estimate of drug-likeness (QED) is 0.614. The van der Waals surface area contributed by atoms with Crippen molar-refractivity contribution in [3.8, 4) is 5.75 Å². The zero-order valence-electron chi connectivity index (χ0n) is 10.7. The van der Waals surface area contributed by atoms with Crippen LogP contribution in [-0.2, 0) is 6.42 Å². The van der Waals surface area contributed by atoms with Gasteiger partial charge in [0.1, 0.15) is 11.6 Å². The van der Waals surface area contributed by atoms with Gasteiger partial charge in [0.25, 0.3) is 0 Å². The summed E-state index contributed by atoms with van der Waals surface area (Å²) in [5, 5.41) is 0.332. The molecule has 0 aliphatic rings. The first-order valence-corrected chi connectivity index (χ1v) is 7.53. The summed E-state index contributed by atoms with van der Waals surface area (Å²) in [5.41, 5.74) is 1.75. The van der Waals surface area contributed by atoms with Gasteiger partial charge in [-0.3, -0.25) is 0 Å². The Bertz CT molecular complexity index is 619. The van der Waals surface area contributed by atoms with Crippen LogP contribution in [0.1, 0.15) is 16.5 Å². The maximum Gasteiger partial charge on any atom is 0.141 e. The predicted octanol–water partition coefficient (Wildman–Crippen LogP) is 5.77. The Morgan fingerprint density at radius 2 is 2.05 bits per heavy atom. The summed E-state index contributed by atoms with van der Waals surface area (Å²) in [6, 6.07) is 10.5. The van der Waals surface area contributed by atoms with E-state index < -0.39 is 0 Å². The van der Waals surface area contributed by atoms with Gasteiger partial charge < -0.3 is 4.74 Å². The summed E-state index contributed by atoms with van der Waals surface area (Å²) in [5.74, 6) is 0.0601. The molecule has 0 saturated heterocycles. The molecule has 1 atom stereocenters. The van der Waals surface area contributed by atoms with Crippen molar-refractivity contribution in [1.82, 2.24) is 0 Å². The van der Waals surface area contributed by atoms with Gasteiger partial charge in [0.05, 0.1) is 17.0 Å². The summed E-state index contributed by atoms with van der Waals surface area (Å²) in [6.07, 6.45) is 0.580. The van der Waals surface area contributed by atoms with Crippen molar-refractivity contribution >= 4 is 39.1 Å². The van der Waals surface area contributed by atoms with E-state index in [-0.39, 0.29) is 11.2 Å². The molecule has 1 nitrogen and oxygen atoms in total. The van der Waals surface area contributed by atoms with Crippen LogP contribution in [0.4, 0.5) is 4.39 Å². The summed E-state index contributed by atoms with van der Waals surface area (Å²) in [6.45, 7) is 0. The number of halogens is 4. The summed E-state index contributed by atoms with van der Waals surface area (Å²) >= 11 is 15.6. The standard InChI is InChI=1S/C15H12BrCl2FO/c1-20-15-8-14(19)12(16)7-11(15)13(18)6-9-3-2-4-10(17)5-9/h2-5,7-8,13H,6H2,1H3. The highest BCUT2D eigenvalue weighted by atomic mass is 79.9. The number of hydrogen-bond acceptors (Lipinski definition) is 1. The fourth-order valence-corrected chi connectivity index (χ4v) is 2.87. The van der Waals surface area contributed by atoms with Gasteiger partial charge in [0.2, 0.25) is 0 Å². The molecule has 5 heteroatoms. The third-order valence-electron chi connectivity index (χ3n) is 2.91. The fourth-order valence-electron chi connectivity index (χ4n) is 1.95. The van der Waals surface area contributed by atoms with Crippen LogP contribution in [0.2, 0.25) is 5.02 Å². The molecule has 0 spiro atoms. The van der Waals surface area contributed by atoms with Crippen LogP contribution in [0.3, 0.4) is 0 Å². The number of benzene rings is 2. The number of hydrogen-bond donors (Lipinski definition) is 0. The lowest BCUT2D eigenvalue weighted by Gasteiger charge is -2.15. The van der Waals surface area contributed by atoms with E-state index in [1.165, 1.54) is 13.2 Å². The molecule has 0 amide bonds. The highest BCUT2D eigenvalue weighted by molar-refractivity contribution is 9.10. The normalized spacial score (nSPS) is 12.2. The van der Waals surface area contributed by atoms with Crippen LogP contribution in [-0.4, -0.2) is 7.11 Å². The Labute approximate surface area is 135 Å². The van der Waals surface area contributed by atoms with Gasteiger partial charge in [-0.05, 0) is 46.1 Å². The molecule has 2 rings (SSSR count). The van der Waals surface area contributed by atoms with Crippen LogP contribution in [0.25, 0.3) is 0 Å². The average molecular weight is 378 g/mol. The lowest BCUT2D eigenvalue weighted by atomic mass is 10.0. The average Bonchev–Trinajstić information content (AvgIpc) is 2.41. The van der Waals surface area contributed by atoms with Crippen LogP contribution in [0.5, 0.6) is 5.75 Å². The minimum Gasteiger partial charge on any atom is -0.496 e. The van der Waals surface area contributed by atoms with E-state index in [1.54, 1.807) is 6.07 Å². The first-order chi connectivity index (χ1) is 9.51. The third-order valence-corrected chi connectivity index (χ3v) is 4.15. The number of methoxy groups -OCH3 is 1. The molecule has 1 unspecified atom stereocenters. The Balaban J connectivity index is 2.29. The lowest BCUT2D eigenvalue weighted by molar-refractivity contribution is 0.405. The summed E-state index contributed by atoms with van der Waals surface area (Å²) in [4.78, 5) is 0. The molecule has 0 fully saturated rings. The molecular weight excluding hydrogens is 366 g/mol. The van der Waals surface area contributed by atoms with Gasteiger partial charge in [-0.15, -0.1) is 11.6 Å². The molecule has 2 aromatic carbocycles. The zero-order chi connectivity index (χ0) is 14.7. The molecule has 0 radical (unpaired) electrons. The van der Waals surface area contributed by atoms with Crippen molar-refractivity contribution in [2.75, 3.05) is 7.11 Å². The second-order valence-corrected chi connectivity index (χ2v) is 6.13. The van der Waals surface area contributed by atoms with Gasteiger partial charge in [0.15, 0.2) is 0 Å². The Hall–Kier alpha value is -0.770. The van der Waals surface area contributed by atoms with Gasteiger partial charge in [-0.2, -0.15) is 0 Å². The highest BCUT2D eigenvalue weighted by Crippen LogP contribution is 2.36. The molecule has 0 aliphatic carbocycles. The Morgan fingerprint density at radius 3 is 2.70 bits per heavy atom. The number of ether oxygens (including phenoxy) is 1. The first-order valence-electron chi connectivity index (χ1n) is 5.92. The van der Waals surface area contributed by atoms with E-state index in [4.69, 9.17) is 27.9 Å². The van der Waals surface area contributed by atoms with E-state index in [1.807, 2.05) is 24.3 Å². The molecule has 0 aliphatic heterocycles. The second-order valence-electron chi connectivity index (χ2n) is 4.31. The molecule has 0 aromatic heterocycles. The maximum absolute atomic E-state index is 13.5. The largest absolute Gasteiger partial charge is 0.496 e. The van der Waals surface area contributed by atoms with Gasteiger partial charge in [0, 0.05) is 16.7 Å². The number of alkyl halides is 1. The van der Waals surface area contributed by atoms with Crippen LogP contribution in [0, 0.1) is 5.82 Å². The van der Waals surface area contributed by atoms with Crippen molar-refractivity contribution in [2.24, 2.45) is 0 Å². The SMILES string of the molecule is COc1cc(F)c(Br)cc1C(Cl)Cc1cccc(Cl)c1. The van der Waals surface area contributed by atoms with Gasteiger partial charge >= 0.3 is 0 Å².